The molecule has 1 aliphatic rings. The number of pyridine rings is 1. The predicted molar refractivity (Wildman–Crippen MR) is 93.2 cm³/mol. The molecule has 0 amide bonds. The van der Waals surface area contributed by atoms with Gasteiger partial charge in [0.25, 0.3) is 0 Å². The molecule has 1 N–H and O–H groups in total. The van der Waals surface area contributed by atoms with Crippen LogP contribution in [0.4, 0.5) is 5.69 Å². The number of thiol groups is 1. The van der Waals surface area contributed by atoms with Gasteiger partial charge in [0.1, 0.15) is 6.07 Å². The van der Waals surface area contributed by atoms with Crippen LogP contribution >= 0.6 is 12.6 Å². The van der Waals surface area contributed by atoms with Crippen LogP contribution < -0.4 is 5.32 Å². The van der Waals surface area contributed by atoms with Crippen molar-refractivity contribution < 1.29 is 4.74 Å². The van der Waals surface area contributed by atoms with Crippen LogP contribution in [0.15, 0.2) is 41.6 Å². The van der Waals surface area contributed by atoms with Crippen molar-refractivity contribution in [2.24, 2.45) is 0 Å². The minimum absolute atomic E-state index is 0.298. The molecule has 0 spiro atoms. The Morgan fingerprint density at radius 1 is 1.33 bits per heavy atom. The van der Waals surface area contributed by atoms with Crippen molar-refractivity contribution in [3.05, 3.63) is 42.2 Å². The number of nitrogens with zero attached hydrogens (tertiary/aromatic N) is 4. The normalized spacial score (nSPS) is 17.1. The first-order chi connectivity index (χ1) is 11.7. The lowest BCUT2D eigenvalue weighted by Crippen LogP contribution is -2.19. The molecule has 3 aromatic rings. The molecule has 3 aromatic heterocycles. The summed E-state index contributed by atoms with van der Waals surface area (Å²) in [6.45, 7) is 1.49. The number of nitriles is 1. The van der Waals surface area contributed by atoms with E-state index in [2.05, 4.69) is 34.1 Å². The Hall–Kier alpha value is -2.56. The van der Waals surface area contributed by atoms with Crippen molar-refractivity contribution in [2.75, 3.05) is 18.5 Å². The second kappa shape index (κ2) is 6.15. The summed E-state index contributed by atoms with van der Waals surface area (Å²) >= 11 is 4.49. The zero-order valence-corrected chi connectivity index (χ0v) is 13.7. The van der Waals surface area contributed by atoms with Crippen molar-refractivity contribution in [1.29, 1.82) is 5.26 Å². The molecule has 1 aliphatic heterocycles. The zero-order valence-electron chi connectivity index (χ0n) is 12.8. The predicted octanol–water partition coefficient (Wildman–Crippen LogP) is 2.76. The fourth-order valence-corrected chi connectivity index (χ4v) is 3.01. The van der Waals surface area contributed by atoms with Gasteiger partial charge in [0, 0.05) is 17.7 Å². The third-order valence-electron chi connectivity index (χ3n) is 4.06. The van der Waals surface area contributed by atoms with Crippen molar-refractivity contribution in [1.82, 2.24) is 14.6 Å². The standard InChI is InChI=1S/C17H15N5OS/c18-7-11-5-13-1-2-16(22(13)20-8-11)14-6-15(17(24)9-19-14)21-12-3-4-23-10-12/h1-2,5-6,8-9,12,24H,3-4,10H2,(H,19,21). The lowest BCUT2D eigenvalue weighted by Gasteiger charge is -2.15. The number of hydrogen-bond donors (Lipinski definition) is 2. The van der Waals surface area contributed by atoms with Gasteiger partial charge >= 0.3 is 0 Å². The first-order valence-corrected chi connectivity index (χ1v) is 8.11. The highest BCUT2D eigenvalue weighted by atomic mass is 32.1. The summed E-state index contributed by atoms with van der Waals surface area (Å²) in [5.74, 6) is 0. The fourth-order valence-electron chi connectivity index (χ4n) is 2.83. The van der Waals surface area contributed by atoms with E-state index in [0.29, 0.717) is 18.2 Å². The van der Waals surface area contributed by atoms with Crippen LogP contribution in [0.25, 0.3) is 16.9 Å². The molecule has 1 saturated heterocycles. The summed E-state index contributed by atoms with van der Waals surface area (Å²) in [6, 6.07) is 10.1. The third-order valence-corrected chi connectivity index (χ3v) is 4.42. The number of hydrogen-bond acceptors (Lipinski definition) is 6. The van der Waals surface area contributed by atoms with Crippen LogP contribution in [0, 0.1) is 11.3 Å². The lowest BCUT2D eigenvalue weighted by atomic mass is 10.2. The minimum atomic E-state index is 0.298. The van der Waals surface area contributed by atoms with Crippen LogP contribution in [0.1, 0.15) is 12.0 Å². The quantitative estimate of drug-likeness (QED) is 0.719. The number of ether oxygens (including phenoxy) is 1. The Morgan fingerprint density at radius 3 is 3.04 bits per heavy atom. The van der Waals surface area contributed by atoms with Gasteiger partial charge in [-0.2, -0.15) is 10.4 Å². The summed E-state index contributed by atoms with van der Waals surface area (Å²) < 4.78 is 7.19. The van der Waals surface area contributed by atoms with E-state index in [1.54, 1.807) is 23.0 Å². The molecule has 120 valence electrons. The number of rotatable bonds is 3. The lowest BCUT2D eigenvalue weighted by molar-refractivity contribution is 0.195. The van der Waals surface area contributed by atoms with Gasteiger partial charge in [0.15, 0.2) is 0 Å². The number of fused-ring (bicyclic) bond motifs is 1. The Morgan fingerprint density at radius 2 is 2.25 bits per heavy atom. The first kappa shape index (κ1) is 15.0. The van der Waals surface area contributed by atoms with Crippen LogP contribution in [0.5, 0.6) is 0 Å². The largest absolute Gasteiger partial charge is 0.379 e. The Kier molecular flexibility index (Phi) is 3.84. The van der Waals surface area contributed by atoms with Gasteiger partial charge in [0.05, 0.1) is 47.0 Å². The van der Waals surface area contributed by atoms with Crippen LogP contribution in [0.3, 0.4) is 0 Å². The molecular weight excluding hydrogens is 322 g/mol. The van der Waals surface area contributed by atoms with Gasteiger partial charge in [-0.3, -0.25) is 4.98 Å². The molecule has 4 rings (SSSR count). The van der Waals surface area contributed by atoms with Crippen molar-refractivity contribution in [3.63, 3.8) is 0 Å². The average Bonchev–Trinajstić information content (AvgIpc) is 3.25. The van der Waals surface area contributed by atoms with Crippen LogP contribution in [-0.2, 0) is 4.74 Å². The number of nitrogens with one attached hydrogen (secondary N) is 1. The molecule has 6 nitrogen and oxygen atoms in total. The molecule has 0 aromatic carbocycles. The zero-order chi connectivity index (χ0) is 16.5. The molecule has 24 heavy (non-hydrogen) atoms. The SMILES string of the molecule is N#Cc1cnn2c(-c3cc(NC4CCOC4)c(S)cn3)ccc2c1. The number of anilines is 1. The van der Waals surface area contributed by atoms with Crippen molar-refractivity contribution >= 4 is 23.8 Å². The molecule has 1 fully saturated rings. The summed E-state index contributed by atoms with van der Waals surface area (Å²) in [5.41, 5.74) is 4.00. The topological polar surface area (TPSA) is 75.2 Å². The fraction of sp³-hybridized carbons (Fsp3) is 0.235. The maximum Gasteiger partial charge on any atom is 0.101 e. The average molecular weight is 337 g/mol. The van der Waals surface area contributed by atoms with E-state index in [-0.39, 0.29) is 0 Å². The molecule has 0 radical (unpaired) electrons. The second-order valence-corrected chi connectivity index (χ2v) is 6.18. The van der Waals surface area contributed by atoms with Crippen LogP contribution in [-0.4, -0.2) is 33.9 Å². The molecule has 1 atom stereocenters. The van der Waals surface area contributed by atoms with Gasteiger partial charge in [-0.15, -0.1) is 12.6 Å². The van der Waals surface area contributed by atoms with E-state index in [1.807, 2.05) is 18.2 Å². The smallest absolute Gasteiger partial charge is 0.101 e. The Bertz CT molecular complexity index is 940. The molecule has 7 heteroatoms. The maximum atomic E-state index is 8.98. The maximum absolute atomic E-state index is 8.98. The third kappa shape index (κ3) is 2.70. The van der Waals surface area contributed by atoms with Gasteiger partial charge in [-0.25, -0.2) is 4.52 Å². The summed E-state index contributed by atoms with van der Waals surface area (Å²) in [7, 11) is 0. The van der Waals surface area contributed by atoms with E-state index in [0.717, 1.165) is 40.5 Å². The van der Waals surface area contributed by atoms with Gasteiger partial charge in [0.2, 0.25) is 0 Å². The second-order valence-electron chi connectivity index (χ2n) is 5.70. The van der Waals surface area contributed by atoms with Gasteiger partial charge < -0.3 is 10.1 Å². The molecule has 1 unspecified atom stereocenters. The highest BCUT2D eigenvalue weighted by Crippen LogP contribution is 2.28. The molecule has 0 aliphatic carbocycles. The van der Waals surface area contributed by atoms with Crippen LogP contribution in [0.2, 0.25) is 0 Å². The van der Waals surface area contributed by atoms with Crippen molar-refractivity contribution in [2.45, 2.75) is 17.4 Å². The summed E-state index contributed by atoms with van der Waals surface area (Å²) in [6.07, 6.45) is 4.27. The Labute approximate surface area is 144 Å². The van der Waals surface area contributed by atoms with E-state index in [1.165, 1.54) is 0 Å². The number of aromatic nitrogens is 3. The molecule has 0 saturated carbocycles. The monoisotopic (exact) mass is 337 g/mol. The Balaban J connectivity index is 1.72. The van der Waals surface area contributed by atoms with Crippen molar-refractivity contribution in [3.8, 4) is 17.5 Å². The highest BCUT2D eigenvalue weighted by Gasteiger charge is 2.17. The van der Waals surface area contributed by atoms with E-state index < -0.39 is 0 Å². The van der Waals surface area contributed by atoms with E-state index in [4.69, 9.17) is 10.00 Å². The van der Waals surface area contributed by atoms with E-state index >= 15 is 0 Å². The van der Waals surface area contributed by atoms with E-state index in [9.17, 15) is 0 Å². The molecule has 0 bridgehead atoms. The highest BCUT2D eigenvalue weighted by molar-refractivity contribution is 7.80. The first-order valence-electron chi connectivity index (χ1n) is 7.66. The van der Waals surface area contributed by atoms with Gasteiger partial charge in [-0.1, -0.05) is 0 Å². The summed E-state index contributed by atoms with van der Waals surface area (Å²) in [5, 5.41) is 16.8. The molecule has 4 heterocycles. The minimum Gasteiger partial charge on any atom is -0.379 e. The van der Waals surface area contributed by atoms with Gasteiger partial charge in [-0.05, 0) is 30.7 Å². The molecular formula is C17H15N5OS. The summed E-state index contributed by atoms with van der Waals surface area (Å²) in [4.78, 5) is 5.27.